The van der Waals surface area contributed by atoms with E-state index in [4.69, 9.17) is 0 Å². The Balaban J connectivity index is 2.54. The van der Waals surface area contributed by atoms with Crippen molar-refractivity contribution in [1.29, 1.82) is 0 Å². The van der Waals surface area contributed by atoms with Crippen LogP contribution in [0.15, 0.2) is 0 Å². The molecule has 0 bridgehead atoms. The van der Waals surface area contributed by atoms with Gasteiger partial charge in [-0.2, -0.15) is 0 Å². The van der Waals surface area contributed by atoms with Crippen molar-refractivity contribution in [2.24, 2.45) is 5.92 Å². The van der Waals surface area contributed by atoms with Gasteiger partial charge in [0, 0.05) is 6.54 Å². The normalized spacial score (nSPS) is 24.0. The molecule has 3 N–H and O–H groups in total. The van der Waals surface area contributed by atoms with E-state index in [2.05, 4.69) is 10.6 Å². The number of hydrogen-bond acceptors (Lipinski definition) is 4. The highest BCUT2D eigenvalue weighted by molar-refractivity contribution is 6.08. The largest absolute Gasteiger partial charge is 0.391 e. The minimum Gasteiger partial charge on any atom is -0.391 e. The van der Waals surface area contributed by atoms with Crippen LogP contribution in [0.5, 0.6) is 0 Å². The number of nitrogens with one attached hydrogen (secondary N) is 2. The molecule has 0 radical (unpaired) electrons. The van der Waals surface area contributed by atoms with E-state index in [0.717, 1.165) is 4.90 Å². The van der Waals surface area contributed by atoms with Gasteiger partial charge < -0.3 is 15.7 Å². The molecule has 0 aliphatic carbocycles. The maximum atomic E-state index is 12.1. The van der Waals surface area contributed by atoms with Gasteiger partial charge in [0.2, 0.25) is 5.91 Å². The van der Waals surface area contributed by atoms with Crippen molar-refractivity contribution < 1.29 is 19.5 Å². The molecule has 0 aromatic rings. The first-order valence-electron chi connectivity index (χ1n) is 6.80. The first-order chi connectivity index (χ1) is 9.21. The lowest BCUT2D eigenvalue weighted by atomic mass is 9.99. The van der Waals surface area contributed by atoms with Crippen molar-refractivity contribution in [3.8, 4) is 0 Å². The number of amides is 4. The molecule has 0 aromatic carbocycles. The molecule has 2 atom stereocenters. The van der Waals surface area contributed by atoms with Crippen molar-refractivity contribution in [3.05, 3.63) is 0 Å². The maximum absolute atomic E-state index is 12.1. The van der Waals surface area contributed by atoms with Gasteiger partial charge in [0.1, 0.15) is 12.1 Å². The van der Waals surface area contributed by atoms with Gasteiger partial charge in [0.25, 0.3) is 5.91 Å². The number of hydrogen-bond donors (Lipinski definition) is 3. The van der Waals surface area contributed by atoms with E-state index in [1.54, 1.807) is 13.8 Å². The molecule has 0 saturated carbocycles. The summed E-state index contributed by atoms with van der Waals surface area (Å²) in [6.07, 6.45) is -0.190. The fraction of sp³-hybridized carbons (Fsp3) is 0.769. The third-order valence-corrected chi connectivity index (χ3v) is 3.63. The SMILES string of the molecule is CCC1(C)NC(=O)N(CC(=O)NCC(O)C(C)C)C1=O. The highest BCUT2D eigenvalue weighted by Crippen LogP contribution is 2.20. The summed E-state index contributed by atoms with van der Waals surface area (Å²) in [4.78, 5) is 36.4. The number of carbonyl (C=O) groups excluding carboxylic acids is 3. The number of imide groups is 1. The molecule has 1 aliphatic heterocycles. The van der Waals surface area contributed by atoms with Crippen LogP contribution >= 0.6 is 0 Å². The summed E-state index contributed by atoms with van der Waals surface area (Å²) in [5, 5.41) is 14.7. The fourth-order valence-electron chi connectivity index (χ4n) is 1.78. The molecular formula is C13H23N3O4. The van der Waals surface area contributed by atoms with Crippen molar-refractivity contribution in [2.75, 3.05) is 13.1 Å². The van der Waals surface area contributed by atoms with E-state index in [1.807, 2.05) is 13.8 Å². The summed E-state index contributed by atoms with van der Waals surface area (Å²) in [5.74, 6) is -0.839. The van der Waals surface area contributed by atoms with Gasteiger partial charge in [0.15, 0.2) is 0 Å². The highest BCUT2D eigenvalue weighted by atomic mass is 16.3. The predicted octanol–water partition coefficient (Wildman–Crippen LogP) is -0.160. The number of urea groups is 1. The summed E-state index contributed by atoms with van der Waals surface area (Å²) >= 11 is 0. The number of aliphatic hydroxyl groups is 1. The van der Waals surface area contributed by atoms with Crippen LogP contribution in [-0.4, -0.2) is 52.6 Å². The standard InChI is InChI=1S/C13H23N3O4/c1-5-13(4)11(19)16(12(20)15-13)7-10(18)14-6-9(17)8(2)3/h8-9,17H,5-7H2,1-4H3,(H,14,18)(H,15,20). The first-order valence-corrected chi connectivity index (χ1v) is 6.80. The van der Waals surface area contributed by atoms with Gasteiger partial charge in [-0.3, -0.25) is 14.5 Å². The monoisotopic (exact) mass is 285 g/mol. The maximum Gasteiger partial charge on any atom is 0.325 e. The summed E-state index contributed by atoms with van der Waals surface area (Å²) < 4.78 is 0. The van der Waals surface area contributed by atoms with E-state index >= 15 is 0 Å². The second-order valence-corrected chi connectivity index (χ2v) is 5.62. The Hall–Kier alpha value is -1.63. The Kier molecular flexibility index (Phi) is 5.10. The highest BCUT2D eigenvalue weighted by Gasteiger charge is 2.46. The summed E-state index contributed by atoms with van der Waals surface area (Å²) in [5.41, 5.74) is -0.936. The Morgan fingerprint density at radius 1 is 1.45 bits per heavy atom. The van der Waals surface area contributed by atoms with E-state index in [9.17, 15) is 19.5 Å². The van der Waals surface area contributed by atoms with Gasteiger partial charge >= 0.3 is 6.03 Å². The summed E-state index contributed by atoms with van der Waals surface area (Å²) in [6.45, 7) is 6.87. The topological polar surface area (TPSA) is 98.7 Å². The zero-order valence-electron chi connectivity index (χ0n) is 12.4. The van der Waals surface area contributed by atoms with E-state index in [-0.39, 0.29) is 19.0 Å². The predicted molar refractivity (Wildman–Crippen MR) is 72.8 cm³/mol. The van der Waals surface area contributed by atoms with Crippen LogP contribution < -0.4 is 10.6 Å². The van der Waals surface area contributed by atoms with E-state index in [0.29, 0.717) is 6.42 Å². The third kappa shape index (κ3) is 3.47. The molecule has 7 heteroatoms. The molecule has 7 nitrogen and oxygen atoms in total. The van der Waals surface area contributed by atoms with Crippen LogP contribution in [0.3, 0.4) is 0 Å². The van der Waals surface area contributed by atoms with Crippen LogP contribution in [0, 0.1) is 5.92 Å². The Morgan fingerprint density at radius 2 is 2.05 bits per heavy atom. The van der Waals surface area contributed by atoms with Crippen LogP contribution in [0.25, 0.3) is 0 Å². The second kappa shape index (κ2) is 6.21. The molecule has 1 heterocycles. The van der Waals surface area contributed by atoms with Gasteiger partial charge in [-0.25, -0.2) is 4.79 Å². The van der Waals surface area contributed by atoms with Gasteiger partial charge in [-0.15, -0.1) is 0 Å². The zero-order valence-corrected chi connectivity index (χ0v) is 12.4. The molecule has 1 rings (SSSR count). The van der Waals surface area contributed by atoms with Crippen LogP contribution in [0.2, 0.25) is 0 Å². The van der Waals surface area contributed by atoms with E-state index in [1.165, 1.54) is 0 Å². The van der Waals surface area contributed by atoms with Gasteiger partial charge in [-0.1, -0.05) is 20.8 Å². The number of aliphatic hydroxyl groups excluding tert-OH is 1. The molecule has 114 valence electrons. The molecule has 0 aromatic heterocycles. The van der Waals surface area contributed by atoms with Crippen molar-refractivity contribution in [3.63, 3.8) is 0 Å². The molecule has 0 spiro atoms. The number of rotatable bonds is 6. The number of nitrogens with zero attached hydrogens (tertiary/aromatic N) is 1. The minimum atomic E-state index is -0.936. The van der Waals surface area contributed by atoms with Crippen molar-refractivity contribution >= 4 is 17.8 Å². The Labute approximate surface area is 118 Å². The van der Waals surface area contributed by atoms with Crippen molar-refractivity contribution in [2.45, 2.75) is 45.8 Å². The molecule has 20 heavy (non-hydrogen) atoms. The zero-order chi connectivity index (χ0) is 15.5. The lowest BCUT2D eigenvalue weighted by molar-refractivity contribution is -0.134. The molecular weight excluding hydrogens is 262 g/mol. The Bertz CT molecular complexity index is 410. The van der Waals surface area contributed by atoms with Crippen LogP contribution in [-0.2, 0) is 9.59 Å². The Morgan fingerprint density at radius 3 is 2.50 bits per heavy atom. The fourth-order valence-corrected chi connectivity index (χ4v) is 1.78. The minimum absolute atomic E-state index is 0.0235. The molecule has 2 unspecified atom stereocenters. The molecule has 4 amide bonds. The first kappa shape index (κ1) is 16.4. The quantitative estimate of drug-likeness (QED) is 0.591. The summed E-state index contributed by atoms with van der Waals surface area (Å²) in [6, 6.07) is -0.557. The van der Waals surface area contributed by atoms with E-state index < -0.39 is 29.5 Å². The third-order valence-electron chi connectivity index (χ3n) is 3.63. The lowest BCUT2D eigenvalue weighted by Gasteiger charge is -2.19. The average Bonchev–Trinajstić information content (AvgIpc) is 2.60. The van der Waals surface area contributed by atoms with Crippen molar-refractivity contribution in [1.82, 2.24) is 15.5 Å². The lowest BCUT2D eigenvalue weighted by Crippen LogP contribution is -2.45. The summed E-state index contributed by atoms with van der Waals surface area (Å²) in [7, 11) is 0. The van der Waals surface area contributed by atoms with Gasteiger partial charge in [0.05, 0.1) is 6.10 Å². The average molecular weight is 285 g/mol. The molecule has 1 saturated heterocycles. The molecule has 1 aliphatic rings. The second-order valence-electron chi connectivity index (χ2n) is 5.62. The van der Waals surface area contributed by atoms with Crippen LogP contribution in [0.1, 0.15) is 34.1 Å². The smallest absolute Gasteiger partial charge is 0.325 e. The molecule has 1 fully saturated rings. The van der Waals surface area contributed by atoms with Crippen LogP contribution in [0.4, 0.5) is 4.79 Å². The number of carbonyl (C=O) groups is 3. The van der Waals surface area contributed by atoms with Gasteiger partial charge in [-0.05, 0) is 19.3 Å².